The Bertz CT molecular complexity index is 3080. The lowest BCUT2D eigenvalue weighted by atomic mass is 9.97. The van der Waals surface area contributed by atoms with Crippen LogP contribution in [0.5, 0.6) is 0 Å². The summed E-state index contributed by atoms with van der Waals surface area (Å²) in [6.45, 7) is 0. The van der Waals surface area contributed by atoms with Crippen LogP contribution >= 0.6 is 11.3 Å². The van der Waals surface area contributed by atoms with Gasteiger partial charge < -0.3 is 9.32 Å². The number of hydrogen-bond acceptors (Lipinski definition) is 3. The van der Waals surface area contributed by atoms with Crippen LogP contribution in [0.15, 0.2) is 205 Å². The van der Waals surface area contributed by atoms with Gasteiger partial charge in [-0.2, -0.15) is 0 Å². The van der Waals surface area contributed by atoms with E-state index in [0.29, 0.717) is 0 Å². The molecule has 9 aromatic carbocycles. The number of benzene rings is 9. The predicted molar refractivity (Wildman–Crippen MR) is 235 cm³/mol. The Kier molecular flexibility index (Phi) is 7.39. The molecule has 0 unspecified atom stereocenters. The maximum absolute atomic E-state index is 6.31. The van der Waals surface area contributed by atoms with Crippen LogP contribution in [0.3, 0.4) is 0 Å². The number of nitrogens with zero attached hydrogens (tertiary/aromatic N) is 1. The molecule has 0 aliphatic rings. The summed E-state index contributed by atoms with van der Waals surface area (Å²) in [5.74, 6) is 0. The van der Waals surface area contributed by atoms with E-state index in [4.69, 9.17) is 4.42 Å². The second-order valence-corrected chi connectivity index (χ2v) is 15.2. The van der Waals surface area contributed by atoms with E-state index in [0.717, 1.165) is 50.1 Å². The zero-order valence-corrected chi connectivity index (χ0v) is 30.6. The number of para-hydroxylation sites is 1. The fraction of sp³-hybridized carbons (Fsp3) is 0. The number of hydrogen-bond donors (Lipinski definition) is 0. The van der Waals surface area contributed by atoms with E-state index in [2.05, 4.69) is 193 Å². The first kappa shape index (κ1) is 31.6. The molecule has 2 heterocycles. The van der Waals surface area contributed by atoms with Crippen LogP contribution in [-0.2, 0) is 0 Å². The van der Waals surface area contributed by atoms with E-state index >= 15 is 0 Å². The second-order valence-electron chi connectivity index (χ2n) is 14.1. The molecule has 0 amide bonds. The van der Waals surface area contributed by atoms with Crippen LogP contribution in [0, 0.1) is 0 Å². The minimum atomic E-state index is 0.895. The Balaban J connectivity index is 1.06. The van der Waals surface area contributed by atoms with Crippen molar-refractivity contribution in [3.63, 3.8) is 0 Å². The summed E-state index contributed by atoms with van der Waals surface area (Å²) in [6.07, 6.45) is 0. The van der Waals surface area contributed by atoms with Crippen molar-refractivity contribution in [2.75, 3.05) is 4.90 Å². The molecule has 0 aliphatic heterocycles. The average Bonchev–Trinajstić information content (AvgIpc) is 3.81. The van der Waals surface area contributed by atoms with E-state index < -0.39 is 0 Å². The average molecular weight is 720 g/mol. The smallest absolute Gasteiger partial charge is 0.136 e. The van der Waals surface area contributed by atoms with Gasteiger partial charge in [-0.25, -0.2) is 0 Å². The Morgan fingerprint density at radius 1 is 0.327 bits per heavy atom. The van der Waals surface area contributed by atoms with Gasteiger partial charge in [-0.3, -0.25) is 0 Å². The first-order valence-corrected chi connectivity index (χ1v) is 19.5. The lowest BCUT2D eigenvalue weighted by Crippen LogP contribution is -2.10. The quantitative estimate of drug-likeness (QED) is 0.170. The number of fused-ring (bicyclic) bond motifs is 7. The molecule has 2 nitrogen and oxygen atoms in total. The van der Waals surface area contributed by atoms with Crippen molar-refractivity contribution in [1.29, 1.82) is 0 Å². The van der Waals surface area contributed by atoms with Gasteiger partial charge in [-0.1, -0.05) is 133 Å². The molecule has 2 aromatic heterocycles. The number of anilines is 3. The van der Waals surface area contributed by atoms with Gasteiger partial charge in [0.15, 0.2) is 0 Å². The first-order valence-electron chi connectivity index (χ1n) is 18.7. The third kappa shape index (κ3) is 5.48. The lowest BCUT2D eigenvalue weighted by Gasteiger charge is -2.27. The standard InChI is InChI=1S/C52H33NOS/c1-2-19-43-34(11-1)12-10-22-44(43)39-15-9-18-42(31-39)53(40-16-7-13-35(29-40)37-25-27-46-45-20-3-5-23-49(45)54-50(46)32-37)41-17-8-14-36(30-41)38-26-28-48-47-21-4-6-24-51(47)55-52(48)33-38/h1-33H. The summed E-state index contributed by atoms with van der Waals surface area (Å²) in [5, 5.41) is 7.38. The number of rotatable bonds is 6. The van der Waals surface area contributed by atoms with Crippen LogP contribution in [0.2, 0.25) is 0 Å². The van der Waals surface area contributed by atoms with Crippen LogP contribution < -0.4 is 4.90 Å². The highest BCUT2D eigenvalue weighted by Crippen LogP contribution is 2.42. The molecule has 0 N–H and O–H groups in total. The number of furan rings is 1. The van der Waals surface area contributed by atoms with Gasteiger partial charge in [0.05, 0.1) is 0 Å². The van der Waals surface area contributed by atoms with Crippen LogP contribution in [0.1, 0.15) is 0 Å². The summed E-state index contributed by atoms with van der Waals surface area (Å²) < 4.78 is 8.93. The monoisotopic (exact) mass is 719 g/mol. The van der Waals surface area contributed by atoms with E-state index in [1.807, 2.05) is 23.5 Å². The largest absolute Gasteiger partial charge is 0.456 e. The van der Waals surface area contributed by atoms with Crippen molar-refractivity contribution in [1.82, 2.24) is 0 Å². The Labute approximate surface area is 322 Å². The normalized spacial score (nSPS) is 11.6. The predicted octanol–water partition coefficient (Wildman–Crippen LogP) is 15.6. The molecule has 0 atom stereocenters. The zero-order valence-electron chi connectivity index (χ0n) is 29.8. The van der Waals surface area contributed by atoms with Gasteiger partial charge in [0.25, 0.3) is 0 Å². The third-order valence-electron chi connectivity index (χ3n) is 10.8. The molecule has 11 rings (SSSR count). The molecule has 0 radical (unpaired) electrons. The highest BCUT2D eigenvalue weighted by atomic mass is 32.1. The fourth-order valence-electron chi connectivity index (χ4n) is 8.20. The van der Waals surface area contributed by atoms with Gasteiger partial charge in [0.2, 0.25) is 0 Å². The molecule has 11 aromatic rings. The summed E-state index contributed by atoms with van der Waals surface area (Å²) in [7, 11) is 0. The molecule has 0 aliphatic carbocycles. The van der Waals surface area contributed by atoms with E-state index in [1.54, 1.807) is 0 Å². The van der Waals surface area contributed by atoms with E-state index in [1.165, 1.54) is 53.2 Å². The fourth-order valence-corrected chi connectivity index (χ4v) is 9.34. The van der Waals surface area contributed by atoms with E-state index in [9.17, 15) is 0 Å². The molecule has 0 bridgehead atoms. The van der Waals surface area contributed by atoms with Gasteiger partial charge >= 0.3 is 0 Å². The van der Waals surface area contributed by atoms with Crippen LogP contribution in [-0.4, -0.2) is 0 Å². The molecule has 0 saturated carbocycles. The van der Waals surface area contributed by atoms with E-state index in [-0.39, 0.29) is 0 Å². The zero-order chi connectivity index (χ0) is 36.3. The molecular weight excluding hydrogens is 687 g/mol. The molecular formula is C52H33NOS. The molecule has 0 spiro atoms. The van der Waals surface area contributed by atoms with Gasteiger partial charge in [0, 0.05) is 48.0 Å². The third-order valence-corrected chi connectivity index (χ3v) is 12.0. The first-order chi connectivity index (χ1) is 27.2. The maximum atomic E-state index is 6.31. The summed E-state index contributed by atoms with van der Waals surface area (Å²) in [6, 6.07) is 72.4. The minimum Gasteiger partial charge on any atom is -0.456 e. The van der Waals surface area contributed by atoms with Crippen molar-refractivity contribution < 1.29 is 4.42 Å². The SMILES string of the molecule is c1cc(-c2ccc3c(c2)oc2ccccc23)cc(N(c2cccc(-c3ccc4c(c3)sc3ccccc34)c2)c2cccc(-c3cccc4ccccc34)c2)c1. The Morgan fingerprint density at radius 3 is 1.64 bits per heavy atom. The summed E-state index contributed by atoms with van der Waals surface area (Å²) in [5.41, 5.74) is 12.1. The van der Waals surface area contributed by atoms with Crippen molar-refractivity contribution in [3.8, 4) is 33.4 Å². The van der Waals surface area contributed by atoms with Crippen molar-refractivity contribution >= 4 is 81.3 Å². The lowest BCUT2D eigenvalue weighted by molar-refractivity contribution is 0.669. The topological polar surface area (TPSA) is 16.4 Å². The summed E-state index contributed by atoms with van der Waals surface area (Å²) in [4.78, 5) is 2.39. The second kappa shape index (κ2) is 12.9. The Hall–Kier alpha value is -6.94. The minimum absolute atomic E-state index is 0.895. The Morgan fingerprint density at radius 2 is 0.855 bits per heavy atom. The van der Waals surface area contributed by atoms with Gasteiger partial charge in [-0.05, 0) is 111 Å². The van der Waals surface area contributed by atoms with Crippen LogP contribution in [0.25, 0.3) is 86.3 Å². The van der Waals surface area contributed by atoms with Gasteiger partial charge in [-0.15, -0.1) is 11.3 Å². The van der Waals surface area contributed by atoms with Crippen molar-refractivity contribution in [2.24, 2.45) is 0 Å². The van der Waals surface area contributed by atoms with Crippen molar-refractivity contribution in [3.05, 3.63) is 200 Å². The molecule has 0 fully saturated rings. The van der Waals surface area contributed by atoms with Crippen molar-refractivity contribution in [2.45, 2.75) is 0 Å². The molecule has 55 heavy (non-hydrogen) atoms. The summed E-state index contributed by atoms with van der Waals surface area (Å²) >= 11 is 1.86. The highest BCUT2D eigenvalue weighted by Gasteiger charge is 2.17. The number of thiophene rings is 1. The maximum Gasteiger partial charge on any atom is 0.136 e. The van der Waals surface area contributed by atoms with Crippen LogP contribution in [0.4, 0.5) is 17.1 Å². The molecule has 3 heteroatoms. The molecule has 258 valence electrons. The van der Waals surface area contributed by atoms with Gasteiger partial charge in [0.1, 0.15) is 11.2 Å². The molecule has 0 saturated heterocycles. The highest BCUT2D eigenvalue weighted by molar-refractivity contribution is 7.25.